The van der Waals surface area contributed by atoms with Crippen molar-refractivity contribution in [1.82, 2.24) is 0 Å². The zero-order chi connectivity index (χ0) is 15.9. The molecule has 0 spiro atoms. The minimum atomic E-state index is -0.654. The van der Waals surface area contributed by atoms with Crippen LogP contribution in [-0.4, -0.2) is 10.9 Å². The minimum Gasteiger partial charge on any atom is -0.422 e. The maximum atomic E-state index is 13.3. The summed E-state index contributed by atoms with van der Waals surface area (Å²) < 4.78 is 18.5. The van der Waals surface area contributed by atoms with Gasteiger partial charge in [-0.1, -0.05) is 6.07 Å². The Labute approximate surface area is 124 Å². The quantitative estimate of drug-likeness (QED) is 0.481. The fourth-order valence-electron chi connectivity index (χ4n) is 2.25. The van der Waals surface area contributed by atoms with Gasteiger partial charge < -0.3 is 4.74 Å². The number of fused-ring (bicyclic) bond motifs is 1. The van der Waals surface area contributed by atoms with Crippen LogP contribution in [0.25, 0.3) is 11.8 Å². The summed E-state index contributed by atoms with van der Waals surface area (Å²) in [5, 5.41) is 10.8. The predicted octanol–water partition coefficient (Wildman–Crippen LogP) is 3.71. The molecule has 0 unspecified atom stereocenters. The van der Waals surface area contributed by atoms with Crippen molar-refractivity contribution in [1.29, 1.82) is 0 Å². The van der Waals surface area contributed by atoms with E-state index < -0.39 is 16.7 Å². The molecule has 0 N–H and O–H groups in total. The molecule has 1 heterocycles. The Balaban J connectivity index is 2.10. The highest BCUT2D eigenvalue weighted by Gasteiger charge is 2.28. The fraction of sp³-hybridized carbons (Fsp3) is 0.0625. The highest BCUT2D eigenvalue weighted by Crippen LogP contribution is 2.34. The van der Waals surface area contributed by atoms with Crippen molar-refractivity contribution in [3.05, 3.63) is 74.6 Å². The number of carbonyl (C=O) groups is 1. The second-order valence-electron chi connectivity index (χ2n) is 4.89. The van der Waals surface area contributed by atoms with Gasteiger partial charge in [-0.05, 0) is 42.3 Å². The third kappa shape index (κ3) is 2.35. The zero-order valence-electron chi connectivity index (χ0n) is 11.5. The van der Waals surface area contributed by atoms with Gasteiger partial charge in [-0.15, -0.1) is 0 Å². The standard InChI is InChI=1S/C16H10FNO4/c1-9-2-3-11(17)6-10(9)7-15-13-5-4-12(18(20)21)8-14(13)16(19)22-15/h2-8H,1H3. The molecule has 3 rings (SSSR count). The lowest BCUT2D eigenvalue weighted by molar-refractivity contribution is -0.384. The van der Waals surface area contributed by atoms with Crippen LogP contribution in [0.1, 0.15) is 27.0 Å². The number of carbonyl (C=O) groups excluding carboxylic acids is 1. The minimum absolute atomic E-state index is 0.134. The molecule has 0 bridgehead atoms. The molecule has 6 heteroatoms. The van der Waals surface area contributed by atoms with Gasteiger partial charge >= 0.3 is 5.97 Å². The van der Waals surface area contributed by atoms with Crippen molar-refractivity contribution in [2.24, 2.45) is 0 Å². The van der Waals surface area contributed by atoms with Crippen LogP contribution in [0.2, 0.25) is 0 Å². The fourth-order valence-corrected chi connectivity index (χ4v) is 2.25. The maximum Gasteiger partial charge on any atom is 0.344 e. The van der Waals surface area contributed by atoms with Crippen LogP contribution >= 0.6 is 0 Å². The van der Waals surface area contributed by atoms with E-state index >= 15 is 0 Å². The normalized spacial score (nSPS) is 14.8. The molecule has 0 saturated heterocycles. The van der Waals surface area contributed by atoms with Crippen LogP contribution in [0, 0.1) is 22.9 Å². The average Bonchev–Trinajstić information content (AvgIpc) is 2.79. The maximum absolute atomic E-state index is 13.3. The van der Waals surface area contributed by atoms with E-state index in [1.807, 2.05) is 0 Å². The molecule has 0 aliphatic carbocycles. The number of nitro groups is 1. The van der Waals surface area contributed by atoms with E-state index in [0.717, 1.165) is 5.56 Å². The van der Waals surface area contributed by atoms with Gasteiger partial charge in [0.2, 0.25) is 0 Å². The first-order valence-electron chi connectivity index (χ1n) is 6.44. The number of rotatable bonds is 2. The van der Waals surface area contributed by atoms with Crippen molar-refractivity contribution >= 4 is 23.5 Å². The average molecular weight is 299 g/mol. The summed E-state index contributed by atoms with van der Waals surface area (Å²) in [6, 6.07) is 8.23. The summed E-state index contributed by atoms with van der Waals surface area (Å²) in [5.74, 6) is -0.798. The van der Waals surface area contributed by atoms with Crippen molar-refractivity contribution in [3.8, 4) is 0 Å². The van der Waals surface area contributed by atoms with Gasteiger partial charge in [-0.3, -0.25) is 10.1 Å². The number of esters is 1. The van der Waals surface area contributed by atoms with Gasteiger partial charge in [0.05, 0.1) is 10.5 Å². The van der Waals surface area contributed by atoms with Gasteiger partial charge in [0.15, 0.2) is 0 Å². The summed E-state index contributed by atoms with van der Waals surface area (Å²) >= 11 is 0. The number of nitrogens with zero attached hydrogens (tertiary/aromatic N) is 1. The molecule has 1 aliphatic rings. The van der Waals surface area contributed by atoms with Gasteiger partial charge in [0.1, 0.15) is 11.6 Å². The lowest BCUT2D eigenvalue weighted by Gasteiger charge is -2.03. The number of hydrogen-bond donors (Lipinski definition) is 0. The second kappa shape index (κ2) is 5.07. The number of halogens is 1. The Morgan fingerprint density at radius 2 is 1.95 bits per heavy atom. The van der Waals surface area contributed by atoms with E-state index in [-0.39, 0.29) is 17.0 Å². The van der Waals surface area contributed by atoms with Crippen molar-refractivity contribution in [2.75, 3.05) is 0 Å². The Hall–Kier alpha value is -3.02. The Morgan fingerprint density at radius 1 is 1.18 bits per heavy atom. The van der Waals surface area contributed by atoms with E-state index in [2.05, 4.69) is 0 Å². The molecule has 2 aromatic rings. The molecule has 0 amide bonds. The first kappa shape index (κ1) is 13.9. The molecule has 0 radical (unpaired) electrons. The molecular formula is C16H10FNO4. The highest BCUT2D eigenvalue weighted by molar-refractivity contribution is 6.06. The van der Waals surface area contributed by atoms with E-state index in [1.54, 1.807) is 19.1 Å². The molecule has 0 aromatic heterocycles. The number of cyclic esters (lactones) is 1. The summed E-state index contributed by atoms with van der Waals surface area (Å²) in [4.78, 5) is 22.0. The van der Waals surface area contributed by atoms with Gasteiger partial charge in [0.25, 0.3) is 5.69 Å². The SMILES string of the molecule is Cc1ccc(F)cc1C=C1OC(=O)c2cc([N+](=O)[O-])ccc21. The molecule has 0 atom stereocenters. The monoisotopic (exact) mass is 299 g/mol. The Morgan fingerprint density at radius 3 is 2.68 bits per heavy atom. The first-order chi connectivity index (χ1) is 10.5. The Kier molecular flexibility index (Phi) is 3.21. The summed E-state index contributed by atoms with van der Waals surface area (Å²) in [7, 11) is 0. The highest BCUT2D eigenvalue weighted by atomic mass is 19.1. The zero-order valence-corrected chi connectivity index (χ0v) is 11.5. The van der Waals surface area contributed by atoms with Crippen molar-refractivity contribution < 1.29 is 18.8 Å². The topological polar surface area (TPSA) is 69.4 Å². The third-order valence-electron chi connectivity index (χ3n) is 3.43. The van der Waals surface area contributed by atoms with Gasteiger partial charge in [0, 0.05) is 17.7 Å². The van der Waals surface area contributed by atoms with E-state index in [4.69, 9.17) is 4.74 Å². The second-order valence-corrected chi connectivity index (χ2v) is 4.89. The third-order valence-corrected chi connectivity index (χ3v) is 3.43. The molecule has 0 fully saturated rings. The van der Waals surface area contributed by atoms with Crippen LogP contribution < -0.4 is 0 Å². The molecule has 1 aliphatic heterocycles. The number of hydrogen-bond acceptors (Lipinski definition) is 4. The number of non-ortho nitro benzene ring substituents is 1. The summed E-state index contributed by atoms with van der Waals surface area (Å²) in [5.41, 5.74) is 1.81. The number of nitro benzene ring substituents is 1. The van der Waals surface area contributed by atoms with Gasteiger partial charge in [-0.25, -0.2) is 9.18 Å². The predicted molar refractivity (Wildman–Crippen MR) is 77.5 cm³/mol. The lowest BCUT2D eigenvalue weighted by Crippen LogP contribution is -1.95. The van der Waals surface area contributed by atoms with Crippen LogP contribution in [0.15, 0.2) is 36.4 Å². The van der Waals surface area contributed by atoms with E-state index in [9.17, 15) is 19.3 Å². The van der Waals surface area contributed by atoms with E-state index in [0.29, 0.717) is 11.1 Å². The molecule has 110 valence electrons. The molecule has 2 aromatic carbocycles. The molecule has 22 heavy (non-hydrogen) atoms. The molecular weight excluding hydrogens is 289 g/mol. The lowest BCUT2D eigenvalue weighted by atomic mass is 10.0. The summed E-state index contributed by atoms with van der Waals surface area (Å²) in [6.45, 7) is 1.80. The van der Waals surface area contributed by atoms with Crippen molar-refractivity contribution in [2.45, 2.75) is 6.92 Å². The number of ether oxygens (including phenoxy) is 1. The number of aryl methyl sites for hydroxylation is 1. The van der Waals surface area contributed by atoms with Crippen LogP contribution in [0.3, 0.4) is 0 Å². The number of benzene rings is 2. The van der Waals surface area contributed by atoms with Crippen molar-refractivity contribution in [3.63, 3.8) is 0 Å². The van der Waals surface area contributed by atoms with E-state index in [1.165, 1.54) is 30.3 Å². The summed E-state index contributed by atoms with van der Waals surface area (Å²) in [6.07, 6.45) is 1.55. The molecule has 5 nitrogen and oxygen atoms in total. The Bertz CT molecular complexity index is 842. The molecule has 0 saturated carbocycles. The van der Waals surface area contributed by atoms with Crippen LogP contribution in [0.5, 0.6) is 0 Å². The first-order valence-corrected chi connectivity index (χ1v) is 6.44. The van der Waals surface area contributed by atoms with Crippen LogP contribution in [-0.2, 0) is 4.74 Å². The largest absolute Gasteiger partial charge is 0.422 e. The smallest absolute Gasteiger partial charge is 0.344 e. The van der Waals surface area contributed by atoms with Crippen LogP contribution in [0.4, 0.5) is 10.1 Å². The van der Waals surface area contributed by atoms with Gasteiger partial charge in [-0.2, -0.15) is 0 Å².